The first kappa shape index (κ1) is 9.18. The van der Waals surface area contributed by atoms with Gasteiger partial charge in [-0.15, -0.1) is 5.10 Å². The monoisotopic (exact) mass is 177 g/mol. The third kappa shape index (κ3) is 3.33. The quantitative estimate of drug-likeness (QED) is 0.378. The number of pyridine rings is 1. The molecular formula is C8H11N5. The molecule has 0 fully saturated rings. The lowest BCUT2D eigenvalue weighted by atomic mass is 10.3. The molecule has 1 aromatic rings. The number of nitrogens with two attached hydrogens (primary N) is 2. The van der Waals surface area contributed by atoms with E-state index in [4.69, 9.17) is 11.5 Å². The van der Waals surface area contributed by atoms with Gasteiger partial charge in [-0.3, -0.25) is 4.98 Å². The molecular weight excluding hydrogens is 166 g/mol. The summed E-state index contributed by atoms with van der Waals surface area (Å²) in [6.07, 6.45) is 3.23. The maximum absolute atomic E-state index is 5.08. The van der Waals surface area contributed by atoms with Crippen LogP contribution in [0, 0.1) is 6.92 Å². The number of guanidine groups is 1. The highest BCUT2D eigenvalue weighted by Gasteiger charge is 1.87. The van der Waals surface area contributed by atoms with Crippen molar-refractivity contribution in [2.45, 2.75) is 6.92 Å². The third-order valence-electron chi connectivity index (χ3n) is 1.31. The van der Waals surface area contributed by atoms with Crippen molar-refractivity contribution in [3.63, 3.8) is 0 Å². The minimum atomic E-state index is -0.0590. The first-order valence-corrected chi connectivity index (χ1v) is 3.73. The van der Waals surface area contributed by atoms with Gasteiger partial charge in [-0.1, -0.05) is 6.07 Å². The predicted octanol–water partition coefficient (Wildman–Crippen LogP) is -0.00268. The van der Waals surface area contributed by atoms with E-state index in [-0.39, 0.29) is 5.96 Å². The average Bonchev–Trinajstić information content (AvgIpc) is 2.08. The van der Waals surface area contributed by atoms with Crippen LogP contribution in [0.3, 0.4) is 0 Å². The van der Waals surface area contributed by atoms with Gasteiger partial charge in [0.15, 0.2) is 0 Å². The molecule has 1 rings (SSSR count). The van der Waals surface area contributed by atoms with Crippen molar-refractivity contribution in [2.75, 3.05) is 0 Å². The van der Waals surface area contributed by atoms with Crippen LogP contribution < -0.4 is 11.5 Å². The van der Waals surface area contributed by atoms with Gasteiger partial charge >= 0.3 is 0 Å². The van der Waals surface area contributed by atoms with E-state index in [1.165, 1.54) is 6.21 Å². The van der Waals surface area contributed by atoms with E-state index in [1.54, 1.807) is 6.20 Å². The molecule has 0 aliphatic rings. The van der Waals surface area contributed by atoms with Gasteiger partial charge < -0.3 is 11.5 Å². The van der Waals surface area contributed by atoms with Crippen molar-refractivity contribution in [1.82, 2.24) is 4.98 Å². The summed E-state index contributed by atoms with van der Waals surface area (Å²) in [6.45, 7) is 1.91. The number of rotatable bonds is 2. The Labute approximate surface area is 76.2 Å². The molecule has 1 heterocycles. The SMILES string of the molecule is Cc1ccc(/C=N/N=C(N)N)cn1. The molecule has 68 valence electrons. The fourth-order valence-corrected chi connectivity index (χ4v) is 0.718. The Morgan fingerprint density at radius 3 is 2.77 bits per heavy atom. The highest BCUT2D eigenvalue weighted by molar-refractivity contribution is 5.81. The first-order valence-electron chi connectivity index (χ1n) is 3.73. The molecule has 0 saturated heterocycles. The number of nitrogens with zero attached hydrogens (tertiary/aromatic N) is 3. The third-order valence-corrected chi connectivity index (χ3v) is 1.31. The molecule has 0 unspecified atom stereocenters. The van der Waals surface area contributed by atoms with Crippen molar-refractivity contribution < 1.29 is 0 Å². The van der Waals surface area contributed by atoms with Crippen LogP contribution in [0.25, 0.3) is 0 Å². The second-order valence-corrected chi connectivity index (χ2v) is 2.50. The lowest BCUT2D eigenvalue weighted by Gasteiger charge is -1.91. The van der Waals surface area contributed by atoms with Crippen LogP contribution in [0.5, 0.6) is 0 Å². The minimum Gasteiger partial charge on any atom is -0.369 e. The zero-order valence-corrected chi connectivity index (χ0v) is 7.31. The van der Waals surface area contributed by atoms with Gasteiger partial charge in [0.2, 0.25) is 5.96 Å². The van der Waals surface area contributed by atoms with Crippen LogP contribution in [0.2, 0.25) is 0 Å². The lowest BCUT2D eigenvalue weighted by Crippen LogP contribution is -2.21. The van der Waals surface area contributed by atoms with Gasteiger partial charge in [0.05, 0.1) is 6.21 Å². The fraction of sp³-hybridized carbons (Fsp3) is 0.125. The van der Waals surface area contributed by atoms with Gasteiger partial charge in [0.1, 0.15) is 0 Å². The smallest absolute Gasteiger partial charge is 0.211 e. The molecule has 0 aromatic carbocycles. The van der Waals surface area contributed by atoms with E-state index in [1.807, 2.05) is 19.1 Å². The molecule has 5 heteroatoms. The zero-order valence-electron chi connectivity index (χ0n) is 7.31. The van der Waals surface area contributed by atoms with E-state index in [0.717, 1.165) is 11.3 Å². The summed E-state index contributed by atoms with van der Waals surface area (Å²) in [5.41, 5.74) is 12.0. The van der Waals surface area contributed by atoms with Gasteiger partial charge in [-0.25, -0.2) is 0 Å². The van der Waals surface area contributed by atoms with Crippen molar-refractivity contribution in [3.8, 4) is 0 Å². The van der Waals surface area contributed by atoms with Crippen LogP contribution in [0.15, 0.2) is 28.5 Å². The molecule has 0 spiro atoms. The van der Waals surface area contributed by atoms with Gasteiger partial charge in [0, 0.05) is 17.5 Å². The van der Waals surface area contributed by atoms with E-state index in [2.05, 4.69) is 15.2 Å². The molecule has 4 N–H and O–H groups in total. The highest BCUT2D eigenvalue weighted by atomic mass is 15.3. The van der Waals surface area contributed by atoms with Crippen LogP contribution >= 0.6 is 0 Å². The normalized spacial score (nSPS) is 10.2. The second kappa shape index (κ2) is 4.20. The standard InChI is InChI=1S/C8H11N5/c1-6-2-3-7(4-11-6)5-12-13-8(9)10/h2-5H,1H3,(H4,9,10,13)/b12-5+. The van der Waals surface area contributed by atoms with E-state index < -0.39 is 0 Å². The Balaban J connectivity index is 2.70. The summed E-state index contributed by atoms with van der Waals surface area (Å²) in [4.78, 5) is 4.07. The van der Waals surface area contributed by atoms with Crippen LogP contribution in [0.1, 0.15) is 11.3 Å². The number of hydrogen-bond donors (Lipinski definition) is 2. The molecule has 0 aliphatic carbocycles. The van der Waals surface area contributed by atoms with Gasteiger partial charge in [-0.2, -0.15) is 5.10 Å². The van der Waals surface area contributed by atoms with Gasteiger partial charge in [-0.05, 0) is 13.0 Å². The molecule has 0 atom stereocenters. The van der Waals surface area contributed by atoms with Gasteiger partial charge in [0.25, 0.3) is 0 Å². The van der Waals surface area contributed by atoms with Crippen molar-refractivity contribution >= 4 is 12.2 Å². The largest absolute Gasteiger partial charge is 0.369 e. The molecule has 0 amide bonds. The van der Waals surface area contributed by atoms with Crippen LogP contribution in [-0.4, -0.2) is 17.2 Å². The zero-order chi connectivity index (χ0) is 9.68. The fourth-order valence-electron chi connectivity index (χ4n) is 0.718. The molecule has 0 bridgehead atoms. The molecule has 0 radical (unpaired) electrons. The van der Waals surface area contributed by atoms with E-state index in [0.29, 0.717) is 0 Å². The summed E-state index contributed by atoms with van der Waals surface area (Å²) in [5.74, 6) is -0.0590. The Hall–Kier alpha value is -1.91. The maximum Gasteiger partial charge on any atom is 0.211 e. The van der Waals surface area contributed by atoms with Crippen molar-refractivity contribution in [2.24, 2.45) is 21.7 Å². The molecule has 1 aromatic heterocycles. The predicted molar refractivity (Wildman–Crippen MR) is 52.4 cm³/mol. The lowest BCUT2D eigenvalue weighted by molar-refractivity contribution is 1.18. The Morgan fingerprint density at radius 1 is 1.46 bits per heavy atom. The number of hydrogen-bond acceptors (Lipinski definition) is 3. The molecule has 0 aliphatic heterocycles. The number of aryl methyl sites for hydroxylation is 1. The Morgan fingerprint density at radius 2 is 2.23 bits per heavy atom. The highest BCUT2D eigenvalue weighted by Crippen LogP contribution is 1.95. The molecule has 13 heavy (non-hydrogen) atoms. The summed E-state index contributed by atoms with van der Waals surface area (Å²) in [7, 11) is 0. The second-order valence-electron chi connectivity index (χ2n) is 2.50. The molecule has 0 saturated carbocycles. The Bertz CT molecular complexity index is 321. The average molecular weight is 177 g/mol. The van der Waals surface area contributed by atoms with Crippen molar-refractivity contribution in [1.29, 1.82) is 0 Å². The maximum atomic E-state index is 5.08. The minimum absolute atomic E-state index is 0.0590. The summed E-state index contributed by atoms with van der Waals surface area (Å²) < 4.78 is 0. The van der Waals surface area contributed by atoms with Crippen molar-refractivity contribution in [3.05, 3.63) is 29.6 Å². The summed E-state index contributed by atoms with van der Waals surface area (Å²) in [6, 6.07) is 3.77. The van der Waals surface area contributed by atoms with E-state index in [9.17, 15) is 0 Å². The Kier molecular flexibility index (Phi) is 2.97. The summed E-state index contributed by atoms with van der Waals surface area (Å²) in [5, 5.41) is 7.10. The van der Waals surface area contributed by atoms with Crippen LogP contribution in [-0.2, 0) is 0 Å². The molecule has 5 nitrogen and oxygen atoms in total. The van der Waals surface area contributed by atoms with E-state index >= 15 is 0 Å². The first-order chi connectivity index (χ1) is 6.18. The topological polar surface area (TPSA) is 89.6 Å². The summed E-state index contributed by atoms with van der Waals surface area (Å²) >= 11 is 0. The number of aromatic nitrogens is 1. The van der Waals surface area contributed by atoms with Crippen LogP contribution in [0.4, 0.5) is 0 Å².